The highest BCUT2D eigenvalue weighted by Gasteiger charge is 2.35. The molecule has 0 radical (unpaired) electrons. The predicted molar refractivity (Wildman–Crippen MR) is 145 cm³/mol. The molecule has 9 nitrogen and oxygen atoms in total. The number of thiazole rings is 1. The summed E-state index contributed by atoms with van der Waals surface area (Å²) in [5.41, 5.74) is 5.35. The number of nitrogens with zero attached hydrogens (tertiary/aromatic N) is 6. The van der Waals surface area contributed by atoms with Crippen molar-refractivity contribution in [2.75, 3.05) is 39.5 Å². The predicted octanol–water partition coefficient (Wildman–Crippen LogP) is 3.88. The summed E-state index contributed by atoms with van der Waals surface area (Å²) in [6.45, 7) is 3.12. The fourth-order valence-corrected chi connectivity index (χ4v) is 6.56. The van der Waals surface area contributed by atoms with E-state index in [2.05, 4.69) is 25.9 Å². The second-order valence-corrected chi connectivity index (χ2v) is 11.4. The number of fused-ring (bicyclic) bond motifs is 3. The van der Waals surface area contributed by atoms with Crippen LogP contribution in [0.15, 0.2) is 24.5 Å². The molecule has 2 amide bonds. The summed E-state index contributed by atoms with van der Waals surface area (Å²) >= 11 is 1.53. The van der Waals surface area contributed by atoms with Gasteiger partial charge in [0.25, 0.3) is 0 Å². The number of aryl methyl sites for hydroxylation is 1. The number of pyridine rings is 1. The van der Waals surface area contributed by atoms with Crippen LogP contribution in [-0.4, -0.2) is 75.6 Å². The van der Waals surface area contributed by atoms with E-state index in [1.54, 1.807) is 6.20 Å². The van der Waals surface area contributed by atoms with Gasteiger partial charge in [-0.3, -0.25) is 19.3 Å². The first-order valence-electron chi connectivity index (χ1n) is 13.0. The zero-order chi connectivity index (χ0) is 26.1. The molecule has 37 heavy (non-hydrogen) atoms. The molecule has 1 N–H and O–H groups in total. The lowest BCUT2D eigenvalue weighted by molar-refractivity contribution is -0.135. The minimum Gasteiger partial charge on any atom is -0.344 e. The average molecular weight is 522 g/mol. The molecule has 3 aromatic heterocycles. The number of likely N-dealkylation sites (N-methyl/N-ethyl adjacent to an activating group) is 2. The minimum absolute atomic E-state index is 0.0675. The summed E-state index contributed by atoms with van der Waals surface area (Å²) in [7, 11) is 5.98. The fraction of sp³-hybridized carbons (Fsp3) is 0.519. The molecule has 2 aliphatic carbocycles. The van der Waals surface area contributed by atoms with Crippen molar-refractivity contribution in [1.29, 1.82) is 0 Å². The van der Waals surface area contributed by atoms with Crippen LogP contribution in [-0.2, 0) is 22.4 Å². The molecule has 0 unspecified atom stereocenters. The average Bonchev–Trinajstić information content (AvgIpc) is 3.48. The summed E-state index contributed by atoms with van der Waals surface area (Å²) < 4.78 is 2.20. The molecule has 10 heteroatoms. The van der Waals surface area contributed by atoms with E-state index in [-0.39, 0.29) is 23.8 Å². The van der Waals surface area contributed by atoms with Gasteiger partial charge >= 0.3 is 0 Å². The van der Waals surface area contributed by atoms with Gasteiger partial charge in [0, 0.05) is 56.5 Å². The molecule has 0 atom stereocenters. The Morgan fingerprint density at radius 3 is 2.59 bits per heavy atom. The van der Waals surface area contributed by atoms with Crippen LogP contribution >= 0.6 is 11.3 Å². The lowest BCUT2D eigenvalue weighted by Gasteiger charge is -2.32. The molecule has 1 saturated carbocycles. The van der Waals surface area contributed by atoms with E-state index in [9.17, 15) is 9.59 Å². The number of nitrogens with one attached hydrogen (secondary N) is 1. The topological polar surface area (TPSA) is 96.2 Å². The van der Waals surface area contributed by atoms with E-state index in [4.69, 9.17) is 10.1 Å². The van der Waals surface area contributed by atoms with Crippen molar-refractivity contribution < 1.29 is 9.59 Å². The van der Waals surface area contributed by atoms with E-state index in [1.165, 1.54) is 23.8 Å². The van der Waals surface area contributed by atoms with Gasteiger partial charge in [0.2, 0.25) is 11.8 Å². The molecule has 0 bridgehead atoms. The maximum absolute atomic E-state index is 13.1. The smallest absolute Gasteiger partial charge is 0.225 e. The first kappa shape index (κ1) is 25.5. The Hall–Kier alpha value is -3.11. The van der Waals surface area contributed by atoms with Crippen LogP contribution in [0.25, 0.3) is 21.8 Å². The second-order valence-electron chi connectivity index (χ2n) is 10.4. The molecular weight excluding hydrogens is 486 g/mol. The van der Waals surface area contributed by atoms with Gasteiger partial charge in [0.1, 0.15) is 0 Å². The van der Waals surface area contributed by atoms with E-state index >= 15 is 0 Å². The Labute approximate surface area is 221 Å². The summed E-state index contributed by atoms with van der Waals surface area (Å²) in [6.07, 6.45) is 8.85. The third-order valence-corrected chi connectivity index (χ3v) is 8.42. The quantitative estimate of drug-likeness (QED) is 0.507. The van der Waals surface area contributed by atoms with Crippen LogP contribution in [0.1, 0.15) is 49.9 Å². The van der Waals surface area contributed by atoms with E-state index in [1.807, 2.05) is 38.3 Å². The van der Waals surface area contributed by atoms with Crippen molar-refractivity contribution in [3.63, 3.8) is 0 Å². The van der Waals surface area contributed by atoms with Gasteiger partial charge < -0.3 is 15.1 Å². The van der Waals surface area contributed by atoms with Crippen LogP contribution in [0.3, 0.4) is 0 Å². The SMILES string of the molecule is CC(=O)Nc1nc2c(s1)-c1c(c(-c3cccnc3)nn1C1CCC(C(=O)N(C)CCN(C)C)CC1)CC2. The highest BCUT2D eigenvalue weighted by Crippen LogP contribution is 2.46. The Morgan fingerprint density at radius 2 is 1.92 bits per heavy atom. The number of rotatable bonds is 7. The number of amides is 2. The van der Waals surface area contributed by atoms with Gasteiger partial charge in [-0.2, -0.15) is 5.10 Å². The van der Waals surface area contributed by atoms with Gasteiger partial charge in [-0.25, -0.2) is 4.98 Å². The van der Waals surface area contributed by atoms with E-state index < -0.39 is 0 Å². The van der Waals surface area contributed by atoms with Crippen LogP contribution in [0.5, 0.6) is 0 Å². The molecule has 1 fully saturated rings. The molecular formula is C27H35N7O2S. The fourth-order valence-electron chi connectivity index (χ4n) is 5.44. The molecule has 2 aliphatic rings. The number of anilines is 1. The largest absolute Gasteiger partial charge is 0.344 e. The zero-order valence-corrected chi connectivity index (χ0v) is 22.8. The van der Waals surface area contributed by atoms with E-state index in [0.717, 1.165) is 79.1 Å². The molecule has 0 spiro atoms. The summed E-state index contributed by atoms with van der Waals surface area (Å²) in [5, 5.41) is 8.67. The molecule has 0 saturated heterocycles. The third kappa shape index (κ3) is 5.31. The normalized spacial score (nSPS) is 18.8. The molecule has 5 rings (SSSR count). The number of aromatic nitrogens is 4. The Morgan fingerprint density at radius 1 is 1.14 bits per heavy atom. The Kier molecular flexibility index (Phi) is 7.39. The van der Waals surface area contributed by atoms with Crippen molar-refractivity contribution in [3.8, 4) is 21.8 Å². The molecule has 3 heterocycles. The number of carbonyl (C=O) groups excluding carboxylic acids is 2. The monoisotopic (exact) mass is 521 g/mol. The van der Waals surface area contributed by atoms with Crippen molar-refractivity contribution in [2.24, 2.45) is 5.92 Å². The van der Waals surface area contributed by atoms with Crippen LogP contribution in [0.4, 0.5) is 5.13 Å². The molecule has 3 aromatic rings. The number of hydrogen-bond donors (Lipinski definition) is 1. The van der Waals surface area contributed by atoms with Gasteiger partial charge in [0.05, 0.1) is 28.0 Å². The highest BCUT2D eigenvalue weighted by atomic mass is 32.1. The minimum atomic E-state index is -0.116. The van der Waals surface area contributed by atoms with Gasteiger partial charge in [-0.1, -0.05) is 11.3 Å². The van der Waals surface area contributed by atoms with Gasteiger partial charge in [0.15, 0.2) is 5.13 Å². The Balaban J connectivity index is 1.43. The van der Waals surface area contributed by atoms with Crippen molar-refractivity contribution >= 4 is 28.3 Å². The van der Waals surface area contributed by atoms with Crippen LogP contribution < -0.4 is 5.32 Å². The lowest BCUT2D eigenvalue weighted by Crippen LogP contribution is -2.38. The van der Waals surface area contributed by atoms with E-state index in [0.29, 0.717) is 5.13 Å². The van der Waals surface area contributed by atoms with Crippen LogP contribution in [0, 0.1) is 5.92 Å². The molecule has 0 aliphatic heterocycles. The van der Waals surface area contributed by atoms with Crippen molar-refractivity contribution in [2.45, 2.75) is 51.5 Å². The highest BCUT2D eigenvalue weighted by molar-refractivity contribution is 7.19. The van der Waals surface area contributed by atoms with Gasteiger partial charge in [-0.15, -0.1) is 0 Å². The maximum Gasteiger partial charge on any atom is 0.225 e. The summed E-state index contributed by atoms with van der Waals surface area (Å²) in [5.74, 6) is 0.205. The van der Waals surface area contributed by atoms with Crippen LogP contribution in [0.2, 0.25) is 0 Å². The van der Waals surface area contributed by atoms with Crippen molar-refractivity contribution in [3.05, 3.63) is 35.8 Å². The Bertz CT molecular complexity index is 1280. The van der Waals surface area contributed by atoms with Gasteiger partial charge in [-0.05, 0) is 64.8 Å². The third-order valence-electron chi connectivity index (χ3n) is 7.40. The zero-order valence-electron chi connectivity index (χ0n) is 22.0. The molecule has 0 aromatic carbocycles. The maximum atomic E-state index is 13.1. The first-order valence-corrected chi connectivity index (χ1v) is 13.8. The second kappa shape index (κ2) is 10.7. The number of carbonyl (C=O) groups is 2. The first-order chi connectivity index (χ1) is 17.8. The lowest BCUT2D eigenvalue weighted by atomic mass is 9.85. The summed E-state index contributed by atoms with van der Waals surface area (Å²) in [6, 6.07) is 4.22. The standard InChI is InChI=1S/C27H35N7O2S/c1-17(35)29-27-30-22-12-11-21-23(19-6-5-13-28-16-19)31-34(24(21)25(22)37-27)20-9-7-18(8-10-20)26(36)33(4)15-14-32(2)3/h5-6,13,16,18,20H,7-12,14-15H2,1-4H3,(H,29,30,35). The summed E-state index contributed by atoms with van der Waals surface area (Å²) in [4.78, 5) is 38.9. The van der Waals surface area contributed by atoms with Crippen molar-refractivity contribution in [1.82, 2.24) is 29.5 Å². The molecule has 196 valence electrons. The number of hydrogen-bond acceptors (Lipinski definition) is 7.